The van der Waals surface area contributed by atoms with E-state index in [2.05, 4.69) is 0 Å². The number of nitrogens with zero attached hydrogens (tertiary/aromatic N) is 2. The van der Waals surface area contributed by atoms with Crippen LogP contribution in [0.4, 0.5) is 0 Å². The molecule has 1 aliphatic heterocycles. The molecule has 2 aliphatic carbocycles. The molecule has 37 heavy (non-hydrogen) atoms. The van der Waals surface area contributed by atoms with E-state index in [-0.39, 0.29) is 11.9 Å². The van der Waals surface area contributed by atoms with Crippen LogP contribution in [0.5, 0.6) is 11.5 Å². The molecule has 0 unspecified atom stereocenters. The fourth-order valence-corrected chi connectivity index (χ4v) is 6.72. The number of rotatable bonds is 7. The first kappa shape index (κ1) is 26.2. The van der Waals surface area contributed by atoms with Crippen LogP contribution in [0.1, 0.15) is 75.3 Å². The maximum atomic E-state index is 13.7. The van der Waals surface area contributed by atoms with Crippen LogP contribution in [0.25, 0.3) is 6.08 Å². The van der Waals surface area contributed by atoms with Gasteiger partial charge in [0.25, 0.3) is 5.91 Å². The smallest absolute Gasteiger partial charge is 0.266 e. The summed E-state index contributed by atoms with van der Waals surface area (Å²) in [6.07, 6.45) is 13.7. The lowest BCUT2D eigenvalue weighted by Crippen LogP contribution is -2.41. The molecule has 1 amide bonds. The molecule has 0 radical (unpaired) electrons. The number of aliphatic imine (C=N–C) groups is 1. The molecule has 2 aromatic carbocycles. The summed E-state index contributed by atoms with van der Waals surface area (Å²) in [5, 5.41) is 1.58. The van der Waals surface area contributed by atoms with E-state index in [1.54, 1.807) is 7.11 Å². The summed E-state index contributed by atoms with van der Waals surface area (Å²) in [6.45, 7) is 0.349. The van der Waals surface area contributed by atoms with Crippen molar-refractivity contribution >= 4 is 40.5 Å². The number of benzene rings is 2. The molecule has 1 heterocycles. The number of carbonyl (C=O) groups excluding carboxylic acids is 1. The summed E-state index contributed by atoms with van der Waals surface area (Å²) >= 11 is 7.81. The summed E-state index contributed by atoms with van der Waals surface area (Å²) in [4.78, 5) is 21.5. The first-order valence-electron chi connectivity index (χ1n) is 13.5. The molecule has 7 heteroatoms. The predicted molar refractivity (Wildman–Crippen MR) is 152 cm³/mol. The van der Waals surface area contributed by atoms with E-state index in [4.69, 9.17) is 26.1 Å². The molecule has 2 aromatic rings. The van der Waals surface area contributed by atoms with Crippen molar-refractivity contribution in [2.45, 2.75) is 82.9 Å². The minimum atomic E-state index is 0.0875. The van der Waals surface area contributed by atoms with Crippen molar-refractivity contribution in [3.63, 3.8) is 0 Å². The highest BCUT2D eigenvalue weighted by Crippen LogP contribution is 2.39. The molecule has 3 aliphatic rings. The molecule has 0 bridgehead atoms. The first-order chi connectivity index (χ1) is 18.1. The van der Waals surface area contributed by atoms with Gasteiger partial charge in [-0.1, -0.05) is 74.4 Å². The van der Waals surface area contributed by atoms with Crippen LogP contribution in [0.3, 0.4) is 0 Å². The minimum Gasteiger partial charge on any atom is -0.493 e. The standard InChI is InChI=1S/C30H35ClN2O3S/c1-35-27-18-21(16-17-26(27)36-20-22-10-8-9-15-25(22)31)19-28-29(34)33(24-13-6-3-7-14-24)30(37-28)32-23-11-4-2-5-12-23/h8-10,15-19,23-24H,2-7,11-14,20H2,1H3. The number of ether oxygens (including phenoxy) is 2. The Morgan fingerprint density at radius 3 is 2.46 bits per heavy atom. The number of hydrogen-bond donors (Lipinski definition) is 0. The van der Waals surface area contributed by atoms with Crippen LogP contribution in [-0.4, -0.2) is 35.2 Å². The Labute approximate surface area is 229 Å². The van der Waals surface area contributed by atoms with Crippen LogP contribution in [0.2, 0.25) is 5.02 Å². The van der Waals surface area contributed by atoms with E-state index in [1.807, 2.05) is 53.4 Å². The van der Waals surface area contributed by atoms with Gasteiger partial charge in [0.05, 0.1) is 18.1 Å². The molecule has 2 saturated carbocycles. The molecule has 0 atom stereocenters. The quantitative estimate of drug-likeness (QED) is 0.336. The number of carbonyl (C=O) groups is 1. The maximum absolute atomic E-state index is 13.7. The lowest BCUT2D eigenvalue weighted by molar-refractivity contribution is -0.124. The van der Waals surface area contributed by atoms with E-state index >= 15 is 0 Å². The number of hydrogen-bond acceptors (Lipinski definition) is 5. The van der Waals surface area contributed by atoms with Crippen molar-refractivity contribution < 1.29 is 14.3 Å². The SMILES string of the molecule is COc1cc(C=C2SC(=NC3CCCCC3)N(C3CCCCC3)C2=O)ccc1OCc1ccccc1Cl. The summed E-state index contributed by atoms with van der Waals surface area (Å²) in [7, 11) is 1.63. The lowest BCUT2D eigenvalue weighted by atomic mass is 9.94. The normalized spacial score (nSPS) is 21.7. The number of methoxy groups -OCH3 is 1. The Bertz CT molecular complexity index is 1170. The molecule has 5 nitrogen and oxygen atoms in total. The van der Waals surface area contributed by atoms with Gasteiger partial charge in [0.15, 0.2) is 16.7 Å². The highest BCUT2D eigenvalue weighted by molar-refractivity contribution is 8.18. The third kappa shape index (κ3) is 6.35. The number of amidine groups is 1. The van der Waals surface area contributed by atoms with Crippen molar-refractivity contribution in [1.82, 2.24) is 4.90 Å². The second kappa shape index (κ2) is 12.4. The zero-order valence-corrected chi connectivity index (χ0v) is 23.0. The summed E-state index contributed by atoms with van der Waals surface area (Å²) in [5.74, 6) is 1.35. The second-order valence-electron chi connectivity index (χ2n) is 10.1. The average molecular weight is 539 g/mol. The van der Waals surface area contributed by atoms with Crippen LogP contribution >= 0.6 is 23.4 Å². The number of halogens is 1. The van der Waals surface area contributed by atoms with E-state index in [0.29, 0.717) is 29.2 Å². The average Bonchev–Trinajstić information content (AvgIpc) is 3.23. The van der Waals surface area contributed by atoms with Crippen molar-refractivity contribution in [3.05, 3.63) is 63.5 Å². The largest absolute Gasteiger partial charge is 0.493 e. The zero-order valence-electron chi connectivity index (χ0n) is 21.5. The summed E-state index contributed by atoms with van der Waals surface area (Å²) in [6, 6.07) is 14.0. The van der Waals surface area contributed by atoms with Gasteiger partial charge in [0.1, 0.15) is 6.61 Å². The van der Waals surface area contributed by atoms with Crippen LogP contribution in [0.15, 0.2) is 52.4 Å². The van der Waals surface area contributed by atoms with E-state index in [0.717, 1.165) is 46.9 Å². The van der Waals surface area contributed by atoms with Gasteiger partial charge >= 0.3 is 0 Å². The van der Waals surface area contributed by atoms with Gasteiger partial charge in [-0.3, -0.25) is 14.7 Å². The fraction of sp³-hybridized carbons (Fsp3) is 0.467. The zero-order chi connectivity index (χ0) is 25.6. The van der Waals surface area contributed by atoms with Crippen molar-refractivity contribution in [2.24, 2.45) is 4.99 Å². The molecule has 196 valence electrons. The van der Waals surface area contributed by atoms with E-state index in [9.17, 15) is 4.79 Å². The summed E-state index contributed by atoms with van der Waals surface area (Å²) < 4.78 is 11.6. The molecule has 0 N–H and O–H groups in total. The van der Waals surface area contributed by atoms with Crippen molar-refractivity contribution in [1.29, 1.82) is 0 Å². The topological polar surface area (TPSA) is 51.1 Å². The Balaban J connectivity index is 1.37. The molecule has 1 saturated heterocycles. The van der Waals surface area contributed by atoms with Gasteiger partial charge in [-0.05, 0) is 67.3 Å². The first-order valence-corrected chi connectivity index (χ1v) is 14.7. The van der Waals surface area contributed by atoms with Gasteiger partial charge in [-0.2, -0.15) is 0 Å². The Morgan fingerprint density at radius 2 is 1.73 bits per heavy atom. The minimum absolute atomic E-state index is 0.0875. The Kier molecular flexibility index (Phi) is 8.78. The molecule has 0 aromatic heterocycles. The van der Waals surface area contributed by atoms with Crippen molar-refractivity contribution in [3.8, 4) is 11.5 Å². The predicted octanol–water partition coefficient (Wildman–Crippen LogP) is 7.87. The van der Waals surface area contributed by atoms with E-state index < -0.39 is 0 Å². The molecule has 5 rings (SSSR count). The van der Waals surface area contributed by atoms with Gasteiger partial charge in [-0.25, -0.2) is 0 Å². The lowest BCUT2D eigenvalue weighted by Gasteiger charge is -2.31. The monoisotopic (exact) mass is 538 g/mol. The summed E-state index contributed by atoms with van der Waals surface area (Å²) in [5.41, 5.74) is 1.82. The van der Waals surface area contributed by atoms with Crippen LogP contribution < -0.4 is 9.47 Å². The van der Waals surface area contributed by atoms with E-state index in [1.165, 1.54) is 50.3 Å². The third-order valence-corrected chi connectivity index (χ3v) is 8.84. The Hall–Kier alpha value is -2.44. The highest BCUT2D eigenvalue weighted by atomic mass is 35.5. The highest BCUT2D eigenvalue weighted by Gasteiger charge is 2.39. The number of amides is 1. The molecular formula is C30H35ClN2O3S. The maximum Gasteiger partial charge on any atom is 0.266 e. The Morgan fingerprint density at radius 1 is 1.00 bits per heavy atom. The van der Waals surface area contributed by atoms with Gasteiger partial charge in [0, 0.05) is 16.6 Å². The van der Waals surface area contributed by atoms with Gasteiger partial charge in [0.2, 0.25) is 0 Å². The second-order valence-corrected chi connectivity index (χ2v) is 11.5. The van der Waals surface area contributed by atoms with Gasteiger partial charge < -0.3 is 9.47 Å². The number of thioether (sulfide) groups is 1. The van der Waals surface area contributed by atoms with Gasteiger partial charge in [-0.15, -0.1) is 0 Å². The third-order valence-electron chi connectivity index (χ3n) is 7.47. The van der Waals surface area contributed by atoms with Crippen LogP contribution in [-0.2, 0) is 11.4 Å². The molecule has 0 spiro atoms. The molecular weight excluding hydrogens is 504 g/mol. The van der Waals surface area contributed by atoms with Crippen LogP contribution in [0, 0.1) is 0 Å². The molecule has 3 fully saturated rings. The fourth-order valence-electron chi connectivity index (χ4n) is 5.42. The van der Waals surface area contributed by atoms with Crippen molar-refractivity contribution in [2.75, 3.05) is 7.11 Å².